The van der Waals surface area contributed by atoms with Crippen LogP contribution in [0.3, 0.4) is 0 Å². The Kier molecular flexibility index (Phi) is 2.72. The third-order valence-corrected chi connectivity index (χ3v) is 3.38. The molecule has 2 heterocycles. The van der Waals surface area contributed by atoms with Crippen LogP contribution in [0.25, 0.3) is 0 Å². The molecule has 1 aromatic carbocycles. The summed E-state index contributed by atoms with van der Waals surface area (Å²) in [6.45, 7) is 0. The molecule has 1 atom stereocenters. The molecule has 0 unspecified atom stereocenters. The van der Waals surface area contributed by atoms with Crippen molar-refractivity contribution in [2.75, 3.05) is 5.32 Å². The molecule has 0 saturated carbocycles. The quantitative estimate of drug-likeness (QED) is 0.874. The number of nitrogens with zero attached hydrogens (tertiary/aromatic N) is 3. The van der Waals surface area contributed by atoms with E-state index in [4.69, 9.17) is 23.2 Å². The van der Waals surface area contributed by atoms with Gasteiger partial charge in [-0.15, -0.1) is 0 Å². The van der Waals surface area contributed by atoms with E-state index in [0.717, 1.165) is 5.56 Å². The van der Waals surface area contributed by atoms with Crippen LogP contribution in [0.15, 0.2) is 24.5 Å². The Bertz CT molecular complexity index is 625. The number of fused-ring (bicyclic) bond motifs is 1. The number of amides is 1. The van der Waals surface area contributed by atoms with Crippen molar-refractivity contribution in [1.82, 2.24) is 14.8 Å². The topological polar surface area (TPSA) is 59.8 Å². The number of aromatic nitrogens is 3. The van der Waals surface area contributed by atoms with Crippen LogP contribution in [0.5, 0.6) is 0 Å². The van der Waals surface area contributed by atoms with Crippen LogP contribution in [0.1, 0.15) is 18.0 Å². The van der Waals surface area contributed by atoms with Crippen molar-refractivity contribution in [3.8, 4) is 0 Å². The van der Waals surface area contributed by atoms with Gasteiger partial charge in [0.05, 0.1) is 12.5 Å². The maximum atomic E-state index is 11.6. The van der Waals surface area contributed by atoms with Crippen LogP contribution in [-0.4, -0.2) is 20.7 Å². The lowest BCUT2D eigenvalue weighted by Gasteiger charge is -2.24. The predicted octanol–water partition coefficient (Wildman–Crippen LogP) is 2.52. The Hall–Kier alpha value is -1.59. The highest BCUT2D eigenvalue weighted by atomic mass is 35.5. The van der Waals surface area contributed by atoms with E-state index >= 15 is 0 Å². The summed E-state index contributed by atoms with van der Waals surface area (Å²) < 4.78 is 1.65. The second-order valence-electron chi connectivity index (χ2n) is 3.96. The third-order valence-electron chi connectivity index (χ3n) is 2.82. The molecule has 1 aliphatic rings. The van der Waals surface area contributed by atoms with E-state index in [1.807, 2.05) is 0 Å². The molecule has 0 aliphatic carbocycles. The summed E-state index contributed by atoms with van der Waals surface area (Å²) in [6, 6.07) is 4.95. The number of carbonyl (C=O) groups is 1. The Morgan fingerprint density at radius 3 is 3.00 bits per heavy atom. The summed E-state index contributed by atoms with van der Waals surface area (Å²) in [5.41, 5.74) is 0.808. The van der Waals surface area contributed by atoms with Gasteiger partial charge in [-0.2, -0.15) is 10.1 Å². The zero-order chi connectivity index (χ0) is 12.7. The Balaban J connectivity index is 2.10. The van der Waals surface area contributed by atoms with Crippen molar-refractivity contribution in [3.63, 3.8) is 0 Å². The largest absolute Gasteiger partial charge is 0.295 e. The van der Waals surface area contributed by atoms with E-state index in [1.54, 1.807) is 22.9 Å². The minimum Gasteiger partial charge on any atom is -0.295 e. The van der Waals surface area contributed by atoms with Crippen molar-refractivity contribution >= 4 is 35.1 Å². The molecule has 0 bridgehead atoms. The van der Waals surface area contributed by atoms with Gasteiger partial charge in [-0.3, -0.25) is 10.1 Å². The first-order valence-corrected chi connectivity index (χ1v) is 6.05. The molecule has 3 rings (SSSR count). The lowest BCUT2D eigenvalue weighted by molar-refractivity contribution is -0.117. The average Bonchev–Trinajstić information content (AvgIpc) is 2.76. The zero-order valence-corrected chi connectivity index (χ0v) is 10.6. The van der Waals surface area contributed by atoms with E-state index in [-0.39, 0.29) is 18.4 Å². The van der Waals surface area contributed by atoms with Crippen LogP contribution in [0.2, 0.25) is 10.0 Å². The lowest BCUT2D eigenvalue weighted by Crippen LogP contribution is -2.29. The molecule has 0 saturated heterocycles. The first-order valence-electron chi connectivity index (χ1n) is 5.29. The predicted molar refractivity (Wildman–Crippen MR) is 67.9 cm³/mol. The minimum atomic E-state index is -0.249. The Morgan fingerprint density at radius 2 is 2.22 bits per heavy atom. The molecule has 92 valence electrons. The number of carbonyl (C=O) groups excluding carboxylic acids is 1. The maximum absolute atomic E-state index is 11.6. The van der Waals surface area contributed by atoms with Crippen LogP contribution in [-0.2, 0) is 4.79 Å². The van der Waals surface area contributed by atoms with E-state index in [1.165, 1.54) is 6.33 Å². The summed E-state index contributed by atoms with van der Waals surface area (Å²) in [7, 11) is 0. The molecule has 5 nitrogen and oxygen atoms in total. The van der Waals surface area contributed by atoms with Gasteiger partial charge < -0.3 is 0 Å². The summed E-state index contributed by atoms with van der Waals surface area (Å²) in [4.78, 5) is 15.6. The molecule has 1 N–H and O–H groups in total. The molecule has 0 spiro atoms. The molecule has 0 fully saturated rings. The van der Waals surface area contributed by atoms with Crippen LogP contribution < -0.4 is 5.32 Å². The van der Waals surface area contributed by atoms with Crippen molar-refractivity contribution in [3.05, 3.63) is 40.1 Å². The first kappa shape index (κ1) is 11.5. The average molecular weight is 283 g/mol. The molecule has 1 aromatic heterocycles. The van der Waals surface area contributed by atoms with Gasteiger partial charge in [0, 0.05) is 10.0 Å². The van der Waals surface area contributed by atoms with Gasteiger partial charge in [0.25, 0.3) is 0 Å². The molecule has 0 radical (unpaired) electrons. The van der Waals surface area contributed by atoms with E-state index in [9.17, 15) is 4.79 Å². The fraction of sp³-hybridized carbons (Fsp3) is 0.182. The van der Waals surface area contributed by atoms with Crippen LogP contribution in [0.4, 0.5) is 5.95 Å². The highest BCUT2D eigenvalue weighted by molar-refractivity contribution is 6.35. The molecule has 7 heteroatoms. The smallest absolute Gasteiger partial charge is 0.229 e. The van der Waals surface area contributed by atoms with Crippen molar-refractivity contribution in [1.29, 1.82) is 0 Å². The monoisotopic (exact) mass is 282 g/mol. The van der Waals surface area contributed by atoms with Crippen molar-refractivity contribution < 1.29 is 4.79 Å². The second-order valence-corrected chi connectivity index (χ2v) is 4.81. The third kappa shape index (κ3) is 1.85. The summed E-state index contributed by atoms with van der Waals surface area (Å²) in [5.74, 6) is 0.328. The molecule has 1 aliphatic heterocycles. The zero-order valence-electron chi connectivity index (χ0n) is 9.10. The summed E-state index contributed by atoms with van der Waals surface area (Å²) >= 11 is 12.0. The maximum Gasteiger partial charge on any atom is 0.229 e. The fourth-order valence-corrected chi connectivity index (χ4v) is 2.55. The lowest BCUT2D eigenvalue weighted by atomic mass is 10.0. The van der Waals surface area contributed by atoms with Gasteiger partial charge in [0.15, 0.2) is 0 Å². The number of hydrogen-bond acceptors (Lipinski definition) is 3. The van der Waals surface area contributed by atoms with Crippen LogP contribution in [0, 0.1) is 0 Å². The highest BCUT2D eigenvalue weighted by Crippen LogP contribution is 2.33. The number of nitrogens with one attached hydrogen (secondary N) is 1. The first-order chi connectivity index (χ1) is 8.65. The number of benzene rings is 1. The summed E-state index contributed by atoms with van der Waals surface area (Å²) in [5, 5.41) is 7.84. The van der Waals surface area contributed by atoms with Crippen LogP contribution >= 0.6 is 23.2 Å². The summed E-state index contributed by atoms with van der Waals surface area (Å²) in [6.07, 6.45) is 1.68. The van der Waals surface area contributed by atoms with E-state index in [2.05, 4.69) is 15.4 Å². The molecule has 2 aromatic rings. The van der Waals surface area contributed by atoms with Crippen molar-refractivity contribution in [2.45, 2.75) is 12.5 Å². The molecule has 1 amide bonds. The standard InChI is InChI=1S/C11H8Cl2N4O/c12-6-1-2-7(8(13)3-6)9-4-10(18)16-11-14-5-15-17(9)11/h1-3,5,9H,4H2,(H,14,15,16,18)/t9-/m1/s1. The SMILES string of the molecule is O=C1C[C@H](c2ccc(Cl)cc2Cl)n2ncnc2N1. The molecule has 18 heavy (non-hydrogen) atoms. The van der Waals surface area contributed by atoms with Gasteiger partial charge in [-0.25, -0.2) is 4.68 Å². The van der Waals surface area contributed by atoms with Crippen molar-refractivity contribution in [2.24, 2.45) is 0 Å². The fourth-order valence-electron chi connectivity index (χ4n) is 2.02. The second kappa shape index (κ2) is 4.26. The van der Waals surface area contributed by atoms with E-state index in [0.29, 0.717) is 16.0 Å². The van der Waals surface area contributed by atoms with Gasteiger partial charge in [-0.05, 0) is 17.7 Å². The minimum absolute atomic E-state index is 0.105. The number of hydrogen-bond donors (Lipinski definition) is 1. The Labute approximate surface area is 113 Å². The van der Waals surface area contributed by atoms with Gasteiger partial charge in [-0.1, -0.05) is 29.3 Å². The normalized spacial score (nSPS) is 18.3. The number of halogens is 2. The Morgan fingerprint density at radius 1 is 1.39 bits per heavy atom. The van der Waals surface area contributed by atoms with Gasteiger partial charge in [0.1, 0.15) is 6.33 Å². The molecular weight excluding hydrogens is 275 g/mol. The van der Waals surface area contributed by atoms with Gasteiger partial charge >= 0.3 is 0 Å². The number of rotatable bonds is 1. The van der Waals surface area contributed by atoms with Gasteiger partial charge in [0.2, 0.25) is 11.9 Å². The molecular formula is C11H8Cl2N4O. The van der Waals surface area contributed by atoms with E-state index < -0.39 is 0 Å². The highest BCUT2D eigenvalue weighted by Gasteiger charge is 2.28. The number of anilines is 1.